The molecule has 1 saturated carbocycles. The number of nitriles is 1. The highest BCUT2D eigenvalue weighted by atomic mass is 16.1. The summed E-state index contributed by atoms with van der Waals surface area (Å²) >= 11 is 0. The summed E-state index contributed by atoms with van der Waals surface area (Å²) in [6.45, 7) is 0. The van der Waals surface area contributed by atoms with Crippen molar-refractivity contribution in [1.29, 1.82) is 5.26 Å². The molecule has 2 N–H and O–H groups in total. The molecule has 3 rings (SSSR count). The Balaban J connectivity index is 1.59. The summed E-state index contributed by atoms with van der Waals surface area (Å²) in [6, 6.07) is 9.36. The van der Waals surface area contributed by atoms with Gasteiger partial charge in [0.05, 0.1) is 24.0 Å². The third-order valence-corrected chi connectivity index (χ3v) is 4.11. The van der Waals surface area contributed by atoms with E-state index in [1.165, 1.54) is 31.7 Å². The van der Waals surface area contributed by atoms with Crippen molar-refractivity contribution in [3.8, 4) is 6.07 Å². The highest BCUT2D eigenvalue weighted by Crippen LogP contribution is 2.18. The Bertz CT molecular complexity index is 727. The summed E-state index contributed by atoms with van der Waals surface area (Å²) in [5, 5.41) is 14.9. The third kappa shape index (κ3) is 4.07. The van der Waals surface area contributed by atoms with Crippen LogP contribution in [0.4, 0.5) is 11.5 Å². The number of benzene rings is 1. The first-order valence-corrected chi connectivity index (χ1v) is 8.15. The number of aromatic nitrogens is 2. The number of carbonyl (C=O) groups is 1. The van der Waals surface area contributed by atoms with Crippen LogP contribution in [-0.2, 0) is 0 Å². The fraction of sp³-hybridized carbons (Fsp3) is 0.333. The molecule has 1 amide bonds. The number of rotatable bonds is 4. The highest BCUT2D eigenvalue weighted by Gasteiger charge is 2.17. The molecule has 1 aromatic heterocycles. The number of anilines is 2. The summed E-state index contributed by atoms with van der Waals surface area (Å²) in [5.41, 5.74) is 1.73. The van der Waals surface area contributed by atoms with Crippen molar-refractivity contribution < 1.29 is 4.79 Å². The van der Waals surface area contributed by atoms with Crippen molar-refractivity contribution in [3.63, 3.8) is 0 Å². The van der Waals surface area contributed by atoms with Crippen molar-refractivity contribution in [2.45, 2.75) is 38.1 Å². The second kappa shape index (κ2) is 7.55. The molecule has 0 atom stereocenters. The minimum atomic E-state index is -0.167. The van der Waals surface area contributed by atoms with Gasteiger partial charge in [0.1, 0.15) is 11.5 Å². The summed E-state index contributed by atoms with van der Waals surface area (Å²) in [5.74, 6) is 0.383. The van der Waals surface area contributed by atoms with Gasteiger partial charge in [-0.3, -0.25) is 4.79 Å². The molecule has 1 aromatic carbocycles. The predicted molar refractivity (Wildman–Crippen MR) is 90.8 cm³/mol. The highest BCUT2D eigenvalue weighted by molar-refractivity contribution is 5.92. The van der Waals surface area contributed by atoms with Gasteiger partial charge < -0.3 is 10.6 Å². The quantitative estimate of drug-likeness (QED) is 0.902. The first-order chi connectivity index (χ1) is 11.7. The zero-order valence-corrected chi connectivity index (χ0v) is 13.3. The molecular formula is C18H19N5O. The normalized spacial score (nSPS) is 14.6. The largest absolute Gasteiger partial charge is 0.348 e. The molecule has 6 nitrogen and oxygen atoms in total. The average Bonchev–Trinajstić information content (AvgIpc) is 2.64. The van der Waals surface area contributed by atoms with E-state index in [0.717, 1.165) is 18.5 Å². The Labute approximate surface area is 140 Å². The molecule has 122 valence electrons. The fourth-order valence-corrected chi connectivity index (χ4v) is 2.79. The van der Waals surface area contributed by atoms with Crippen LogP contribution >= 0.6 is 0 Å². The Morgan fingerprint density at radius 1 is 1.08 bits per heavy atom. The molecule has 0 radical (unpaired) electrons. The van der Waals surface area contributed by atoms with Crippen molar-refractivity contribution >= 4 is 17.4 Å². The molecule has 0 bridgehead atoms. The monoisotopic (exact) mass is 321 g/mol. The van der Waals surface area contributed by atoms with Crippen molar-refractivity contribution in [2.75, 3.05) is 5.32 Å². The fourth-order valence-electron chi connectivity index (χ4n) is 2.79. The van der Waals surface area contributed by atoms with Gasteiger partial charge in [-0.1, -0.05) is 19.3 Å². The number of nitrogens with zero attached hydrogens (tertiary/aromatic N) is 3. The van der Waals surface area contributed by atoms with Crippen LogP contribution in [0, 0.1) is 11.3 Å². The van der Waals surface area contributed by atoms with Crippen LogP contribution in [0.5, 0.6) is 0 Å². The molecule has 0 spiro atoms. The number of hydrogen-bond donors (Lipinski definition) is 2. The molecule has 0 saturated heterocycles. The standard InChI is InChI=1S/C18H19N5O/c19-10-13-6-8-15(9-7-13)22-17-12-20-16(11-21-17)18(24)23-14-4-2-1-3-5-14/h6-9,11-12,14H,1-5H2,(H,21,22)(H,23,24). The van der Waals surface area contributed by atoms with Gasteiger partial charge in [0.15, 0.2) is 0 Å². The van der Waals surface area contributed by atoms with E-state index in [1.54, 1.807) is 24.3 Å². The van der Waals surface area contributed by atoms with Gasteiger partial charge in [-0.15, -0.1) is 0 Å². The maximum Gasteiger partial charge on any atom is 0.271 e. The average molecular weight is 321 g/mol. The van der Waals surface area contributed by atoms with Gasteiger partial charge in [0, 0.05) is 11.7 Å². The van der Waals surface area contributed by atoms with Crippen molar-refractivity contribution in [2.24, 2.45) is 0 Å². The zero-order valence-electron chi connectivity index (χ0n) is 13.3. The van der Waals surface area contributed by atoms with Crippen LogP contribution in [0.15, 0.2) is 36.7 Å². The Morgan fingerprint density at radius 3 is 2.46 bits per heavy atom. The van der Waals surface area contributed by atoms with Gasteiger partial charge in [-0.25, -0.2) is 9.97 Å². The second-order valence-electron chi connectivity index (χ2n) is 5.91. The van der Waals surface area contributed by atoms with Gasteiger partial charge in [0.2, 0.25) is 0 Å². The van der Waals surface area contributed by atoms with E-state index < -0.39 is 0 Å². The van der Waals surface area contributed by atoms with Gasteiger partial charge in [0.25, 0.3) is 5.91 Å². The topological polar surface area (TPSA) is 90.7 Å². The van der Waals surface area contributed by atoms with E-state index in [1.807, 2.05) is 0 Å². The lowest BCUT2D eigenvalue weighted by molar-refractivity contribution is 0.0922. The van der Waals surface area contributed by atoms with Gasteiger partial charge in [-0.05, 0) is 37.1 Å². The van der Waals surface area contributed by atoms with E-state index in [-0.39, 0.29) is 11.9 Å². The summed E-state index contributed by atoms with van der Waals surface area (Å²) in [4.78, 5) is 20.6. The SMILES string of the molecule is N#Cc1ccc(Nc2cnc(C(=O)NC3CCCCC3)cn2)cc1. The number of hydrogen-bond acceptors (Lipinski definition) is 5. The Kier molecular flexibility index (Phi) is 5.02. The smallest absolute Gasteiger partial charge is 0.271 e. The summed E-state index contributed by atoms with van der Waals surface area (Å²) in [7, 11) is 0. The van der Waals surface area contributed by atoms with Crippen molar-refractivity contribution in [3.05, 3.63) is 47.9 Å². The summed E-state index contributed by atoms with van der Waals surface area (Å²) in [6.07, 6.45) is 8.68. The number of carbonyl (C=O) groups excluding carboxylic acids is 1. The summed E-state index contributed by atoms with van der Waals surface area (Å²) < 4.78 is 0. The number of nitrogens with one attached hydrogen (secondary N) is 2. The Morgan fingerprint density at radius 2 is 1.83 bits per heavy atom. The first-order valence-electron chi connectivity index (χ1n) is 8.15. The zero-order chi connectivity index (χ0) is 16.8. The minimum Gasteiger partial charge on any atom is -0.348 e. The Hall–Kier alpha value is -2.94. The molecule has 2 aromatic rings. The van der Waals surface area contributed by atoms with E-state index >= 15 is 0 Å². The van der Waals surface area contributed by atoms with E-state index in [2.05, 4.69) is 26.7 Å². The van der Waals surface area contributed by atoms with Crippen LogP contribution < -0.4 is 10.6 Å². The third-order valence-electron chi connectivity index (χ3n) is 4.11. The van der Waals surface area contributed by atoms with Crippen LogP contribution in [0.1, 0.15) is 48.2 Å². The first kappa shape index (κ1) is 15.9. The van der Waals surface area contributed by atoms with Gasteiger partial charge >= 0.3 is 0 Å². The maximum atomic E-state index is 12.2. The predicted octanol–water partition coefficient (Wildman–Crippen LogP) is 3.15. The lowest BCUT2D eigenvalue weighted by Gasteiger charge is -2.22. The van der Waals surface area contributed by atoms with Crippen LogP contribution in [0.3, 0.4) is 0 Å². The molecule has 6 heteroatoms. The molecule has 1 fully saturated rings. The molecular weight excluding hydrogens is 302 g/mol. The van der Waals surface area contributed by atoms with E-state index in [0.29, 0.717) is 17.1 Å². The molecule has 1 aliphatic rings. The molecule has 0 unspecified atom stereocenters. The van der Waals surface area contributed by atoms with Crippen LogP contribution in [0.2, 0.25) is 0 Å². The molecule has 0 aliphatic heterocycles. The van der Waals surface area contributed by atoms with Crippen LogP contribution in [0.25, 0.3) is 0 Å². The molecule has 1 heterocycles. The molecule has 1 aliphatic carbocycles. The second-order valence-corrected chi connectivity index (χ2v) is 5.91. The van der Waals surface area contributed by atoms with E-state index in [4.69, 9.17) is 5.26 Å². The van der Waals surface area contributed by atoms with Gasteiger partial charge in [-0.2, -0.15) is 5.26 Å². The maximum absolute atomic E-state index is 12.2. The van der Waals surface area contributed by atoms with Crippen LogP contribution in [-0.4, -0.2) is 21.9 Å². The lowest BCUT2D eigenvalue weighted by Crippen LogP contribution is -2.36. The lowest BCUT2D eigenvalue weighted by atomic mass is 9.95. The van der Waals surface area contributed by atoms with Crippen molar-refractivity contribution in [1.82, 2.24) is 15.3 Å². The minimum absolute atomic E-state index is 0.167. The van der Waals surface area contributed by atoms with E-state index in [9.17, 15) is 4.79 Å². The molecule has 24 heavy (non-hydrogen) atoms. The number of amides is 1.